The van der Waals surface area contributed by atoms with Crippen molar-refractivity contribution in [3.8, 4) is 6.07 Å². The van der Waals surface area contributed by atoms with Crippen LogP contribution >= 0.6 is 0 Å². The van der Waals surface area contributed by atoms with E-state index in [1.165, 1.54) is 17.9 Å². The molecule has 2 unspecified atom stereocenters. The highest BCUT2D eigenvalue weighted by molar-refractivity contribution is 5.90. The monoisotopic (exact) mass is 416 g/mol. The predicted molar refractivity (Wildman–Crippen MR) is 108 cm³/mol. The summed E-state index contributed by atoms with van der Waals surface area (Å²) in [6.45, 7) is 3.11. The molecule has 9 heteroatoms. The van der Waals surface area contributed by atoms with Gasteiger partial charge in [0.25, 0.3) is 0 Å². The fourth-order valence-electron chi connectivity index (χ4n) is 3.59. The van der Waals surface area contributed by atoms with E-state index in [4.69, 9.17) is 10.00 Å². The topological polar surface area (TPSA) is 106 Å². The summed E-state index contributed by atoms with van der Waals surface area (Å²) < 4.78 is 20.0. The van der Waals surface area contributed by atoms with Crippen LogP contribution in [-0.2, 0) is 9.53 Å². The van der Waals surface area contributed by atoms with Crippen molar-refractivity contribution in [2.45, 2.75) is 38.4 Å². The van der Waals surface area contributed by atoms with Gasteiger partial charge in [-0.25, -0.2) is 9.18 Å². The van der Waals surface area contributed by atoms with E-state index in [0.717, 1.165) is 18.4 Å². The number of piperidine rings is 1. The quantitative estimate of drug-likeness (QED) is 0.543. The molecule has 1 aromatic rings. The van der Waals surface area contributed by atoms with E-state index in [9.17, 15) is 19.1 Å². The number of ether oxygens (including phenoxy) is 1. The minimum atomic E-state index is -0.990. The van der Waals surface area contributed by atoms with Crippen LogP contribution in [0.25, 0.3) is 0 Å². The standard InChI is InChI=1S/C21H25FN4O4/c1-14(27)24-12-18-13-26(21(29)30-18)16-3-5-20(19(22)10-16)25-8-6-15(7-9-25)2-4-17(28)11-23/h2-3,5,10,17-18,28H,4,6-9,12-13H2,1H3,(H,24,27). The van der Waals surface area contributed by atoms with Gasteiger partial charge in [0, 0.05) is 26.4 Å². The Morgan fingerprint density at radius 1 is 1.47 bits per heavy atom. The summed E-state index contributed by atoms with van der Waals surface area (Å²) in [5, 5.41) is 20.6. The second-order valence-corrected chi connectivity index (χ2v) is 7.42. The Kier molecular flexibility index (Phi) is 6.90. The Balaban J connectivity index is 1.60. The molecule has 0 saturated carbocycles. The Bertz CT molecular complexity index is 872. The fourth-order valence-corrected chi connectivity index (χ4v) is 3.59. The van der Waals surface area contributed by atoms with Crippen molar-refractivity contribution in [1.29, 1.82) is 5.26 Å². The number of aliphatic hydroxyl groups excluding tert-OH is 1. The summed E-state index contributed by atoms with van der Waals surface area (Å²) in [7, 11) is 0. The number of nitriles is 1. The summed E-state index contributed by atoms with van der Waals surface area (Å²) in [6, 6.07) is 6.46. The molecule has 0 aliphatic carbocycles. The number of carbonyl (C=O) groups is 2. The number of rotatable bonds is 6. The number of cyclic esters (lactones) is 1. The molecule has 2 aliphatic rings. The molecule has 2 saturated heterocycles. The van der Waals surface area contributed by atoms with E-state index in [0.29, 0.717) is 30.9 Å². The number of benzene rings is 1. The third kappa shape index (κ3) is 5.27. The maximum atomic E-state index is 14.8. The molecule has 2 atom stereocenters. The number of carbonyl (C=O) groups excluding carboxylic acids is 2. The van der Waals surface area contributed by atoms with Crippen LogP contribution in [0, 0.1) is 17.1 Å². The molecule has 30 heavy (non-hydrogen) atoms. The van der Waals surface area contributed by atoms with Crippen molar-refractivity contribution in [3.63, 3.8) is 0 Å². The zero-order valence-corrected chi connectivity index (χ0v) is 16.8. The van der Waals surface area contributed by atoms with Crippen molar-refractivity contribution < 1.29 is 23.8 Å². The Morgan fingerprint density at radius 3 is 2.83 bits per heavy atom. The van der Waals surface area contributed by atoms with Crippen molar-refractivity contribution >= 4 is 23.4 Å². The van der Waals surface area contributed by atoms with Crippen molar-refractivity contribution in [2.24, 2.45) is 0 Å². The summed E-state index contributed by atoms with van der Waals surface area (Å²) in [5.74, 6) is -0.626. The molecule has 2 amide bonds. The van der Waals surface area contributed by atoms with Gasteiger partial charge in [0.1, 0.15) is 18.0 Å². The molecule has 0 radical (unpaired) electrons. The first-order valence-electron chi connectivity index (χ1n) is 9.90. The third-order valence-corrected chi connectivity index (χ3v) is 5.22. The number of anilines is 2. The fraction of sp³-hybridized carbons (Fsp3) is 0.476. The number of amides is 2. The first-order chi connectivity index (χ1) is 14.4. The van der Waals surface area contributed by atoms with Gasteiger partial charge in [0.2, 0.25) is 5.91 Å². The molecule has 160 valence electrons. The lowest BCUT2D eigenvalue weighted by Crippen LogP contribution is -2.33. The number of hydrogen-bond acceptors (Lipinski definition) is 6. The van der Waals surface area contributed by atoms with Gasteiger partial charge >= 0.3 is 6.09 Å². The number of hydrogen-bond donors (Lipinski definition) is 2. The number of nitrogens with one attached hydrogen (secondary N) is 1. The number of halogens is 1. The zero-order valence-electron chi connectivity index (χ0n) is 16.8. The summed E-state index contributed by atoms with van der Waals surface area (Å²) in [6.07, 6.45) is 1.65. The van der Waals surface area contributed by atoms with E-state index in [2.05, 4.69) is 5.32 Å². The molecule has 1 aromatic carbocycles. The highest BCUT2D eigenvalue weighted by atomic mass is 19.1. The van der Waals surface area contributed by atoms with E-state index in [-0.39, 0.29) is 19.0 Å². The Hall–Kier alpha value is -3.12. The second kappa shape index (κ2) is 9.59. The summed E-state index contributed by atoms with van der Waals surface area (Å²) >= 11 is 0. The lowest BCUT2D eigenvalue weighted by Gasteiger charge is -2.31. The minimum absolute atomic E-state index is 0.208. The molecule has 8 nitrogen and oxygen atoms in total. The molecule has 2 fully saturated rings. The Morgan fingerprint density at radius 2 is 2.20 bits per heavy atom. The van der Waals surface area contributed by atoms with Crippen LogP contribution in [0.15, 0.2) is 29.8 Å². The van der Waals surface area contributed by atoms with Gasteiger partial charge in [-0.2, -0.15) is 5.26 Å². The van der Waals surface area contributed by atoms with Gasteiger partial charge in [0.05, 0.1) is 30.5 Å². The molecule has 3 rings (SSSR count). The van der Waals surface area contributed by atoms with E-state index in [1.807, 2.05) is 11.0 Å². The second-order valence-electron chi connectivity index (χ2n) is 7.42. The molecule has 2 heterocycles. The van der Waals surface area contributed by atoms with Gasteiger partial charge in [-0.15, -0.1) is 0 Å². The van der Waals surface area contributed by atoms with Crippen LogP contribution in [0.5, 0.6) is 0 Å². The van der Waals surface area contributed by atoms with Crippen LogP contribution in [-0.4, -0.2) is 55.5 Å². The molecule has 0 aromatic heterocycles. The van der Waals surface area contributed by atoms with Crippen molar-refractivity contribution in [2.75, 3.05) is 36.0 Å². The third-order valence-electron chi connectivity index (χ3n) is 5.22. The summed E-state index contributed by atoms with van der Waals surface area (Å²) in [5.41, 5.74) is 2.04. The lowest BCUT2D eigenvalue weighted by atomic mass is 10.0. The predicted octanol–water partition coefficient (Wildman–Crippen LogP) is 2.09. The normalized spacial score (nSPS) is 19.9. The van der Waals surface area contributed by atoms with Crippen molar-refractivity contribution in [3.05, 3.63) is 35.7 Å². The van der Waals surface area contributed by atoms with E-state index >= 15 is 0 Å². The molecule has 0 bridgehead atoms. The number of aliphatic hydroxyl groups is 1. The van der Waals surface area contributed by atoms with Gasteiger partial charge < -0.3 is 20.1 Å². The van der Waals surface area contributed by atoms with Crippen LogP contribution in [0.2, 0.25) is 0 Å². The molecular weight excluding hydrogens is 391 g/mol. The smallest absolute Gasteiger partial charge is 0.414 e. The minimum Gasteiger partial charge on any atom is -0.442 e. The first-order valence-corrected chi connectivity index (χ1v) is 9.90. The highest BCUT2D eigenvalue weighted by Crippen LogP contribution is 2.30. The van der Waals surface area contributed by atoms with Gasteiger partial charge in [-0.05, 0) is 31.0 Å². The number of nitrogens with zero attached hydrogens (tertiary/aromatic N) is 3. The van der Waals surface area contributed by atoms with Crippen LogP contribution < -0.4 is 15.1 Å². The molecule has 0 spiro atoms. The van der Waals surface area contributed by atoms with E-state index < -0.39 is 24.1 Å². The molecular formula is C21H25FN4O4. The van der Waals surface area contributed by atoms with Gasteiger partial charge in [-0.3, -0.25) is 9.69 Å². The largest absolute Gasteiger partial charge is 0.442 e. The molecule has 2 N–H and O–H groups in total. The zero-order chi connectivity index (χ0) is 21.7. The van der Waals surface area contributed by atoms with Gasteiger partial charge in [-0.1, -0.05) is 11.6 Å². The lowest BCUT2D eigenvalue weighted by molar-refractivity contribution is -0.119. The van der Waals surface area contributed by atoms with Crippen LogP contribution in [0.1, 0.15) is 26.2 Å². The van der Waals surface area contributed by atoms with Crippen LogP contribution in [0.4, 0.5) is 20.6 Å². The van der Waals surface area contributed by atoms with Gasteiger partial charge in [0.15, 0.2) is 0 Å². The maximum Gasteiger partial charge on any atom is 0.414 e. The summed E-state index contributed by atoms with van der Waals surface area (Å²) in [4.78, 5) is 26.4. The Labute approximate surface area is 174 Å². The average molecular weight is 416 g/mol. The van der Waals surface area contributed by atoms with E-state index in [1.54, 1.807) is 18.2 Å². The molecule has 2 aliphatic heterocycles. The van der Waals surface area contributed by atoms with Crippen LogP contribution in [0.3, 0.4) is 0 Å². The SMILES string of the molecule is CC(=O)NCC1CN(c2ccc(N3CCC(=CCC(O)C#N)CC3)c(F)c2)C(=O)O1. The average Bonchev–Trinajstić information content (AvgIpc) is 3.11. The first kappa shape index (κ1) is 21.6. The van der Waals surface area contributed by atoms with Crippen molar-refractivity contribution in [1.82, 2.24) is 5.32 Å². The highest BCUT2D eigenvalue weighted by Gasteiger charge is 2.33. The maximum absolute atomic E-state index is 14.8.